The molecule has 0 bridgehead atoms. The summed E-state index contributed by atoms with van der Waals surface area (Å²) in [5.74, 6) is -0.222. The van der Waals surface area contributed by atoms with E-state index in [0.29, 0.717) is 10.0 Å². The summed E-state index contributed by atoms with van der Waals surface area (Å²) in [7, 11) is 0. The van der Waals surface area contributed by atoms with Crippen molar-refractivity contribution in [1.29, 1.82) is 0 Å². The van der Waals surface area contributed by atoms with E-state index in [2.05, 4.69) is 38.1 Å². The number of aromatic nitrogens is 1. The highest BCUT2D eigenvalue weighted by molar-refractivity contribution is 14.1. The minimum absolute atomic E-state index is 0.222. The molecule has 0 aliphatic carbocycles. The number of hydrogen-bond acceptors (Lipinski definition) is 6. The number of rotatable bonds is 3. The quantitative estimate of drug-likeness (QED) is 0.669. The van der Waals surface area contributed by atoms with Crippen LogP contribution in [0, 0.1) is 7.79 Å². The van der Waals surface area contributed by atoms with Crippen molar-refractivity contribution in [3.8, 4) is 0 Å². The zero-order valence-electron chi connectivity index (χ0n) is 7.64. The van der Waals surface area contributed by atoms with Crippen molar-refractivity contribution in [2.45, 2.75) is 0 Å². The Morgan fingerprint density at radius 3 is 2.81 bits per heavy atom. The lowest BCUT2D eigenvalue weighted by Gasteiger charge is -1.96. The molecule has 0 fully saturated rings. The van der Waals surface area contributed by atoms with Gasteiger partial charge in [-0.05, 0) is 39.9 Å². The molecule has 1 amide bonds. The first kappa shape index (κ1) is 11.6. The van der Waals surface area contributed by atoms with Crippen molar-refractivity contribution >= 4 is 61.3 Å². The van der Waals surface area contributed by atoms with Gasteiger partial charge in [0, 0.05) is 0 Å². The van der Waals surface area contributed by atoms with E-state index in [0.717, 1.165) is 14.2 Å². The Balaban J connectivity index is 2.10. The lowest BCUT2D eigenvalue weighted by Crippen LogP contribution is -2.09. The summed E-state index contributed by atoms with van der Waals surface area (Å²) >= 11 is 4.58. The molecule has 0 radical (unpaired) electrons. The number of nitroso groups, excluding NO2 is 1. The molecule has 8 heteroatoms. The van der Waals surface area contributed by atoms with Crippen LogP contribution in [-0.2, 0) is 0 Å². The second-order valence-electron chi connectivity index (χ2n) is 2.65. The Labute approximate surface area is 112 Å². The largest absolute Gasteiger partial charge is 0.297 e. The van der Waals surface area contributed by atoms with Gasteiger partial charge in [0.1, 0.15) is 0 Å². The molecule has 2 aromatic rings. The molecule has 5 nitrogen and oxygen atoms in total. The van der Waals surface area contributed by atoms with E-state index >= 15 is 0 Å². The first-order valence-corrected chi connectivity index (χ1v) is 6.76. The fourth-order valence-corrected chi connectivity index (χ4v) is 3.07. The van der Waals surface area contributed by atoms with Crippen LogP contribution in [0.15, 0.2) is 23.5 Å². The highest BCUT2D eigenvalue weighted by Gasteiger charge is 2.11. The van der Waals surface area contributed by atoms with Crippen molar-refractivity contribution in [1.82, 2.24) is 4.98 Å². The van der Waals surface area contributed by atoms with Gasteiger partial charge in [-0.25, -0.2) is 4.98 Å². The summed E-state index contributed by atoms with van der Waals surface area (Å²) in [5, 5.41) is 5.96. The van der Waals surface area contributed by atoms with Crippen LogP contribution in [0.4, 0.5) is 10.1 Å². The van der Waals surface area contributed by atoms with Crippen LogP contribution in [0.1, 0.15) is 9.67 Å². The Hall–Kier alpha value is -0.870. The van der Waals surface area contributed by atoms with E-state index < -0.39 is 0 Å². The third kappa shape index (κ3) is 2.62. The molecule has 0 saturated heterocycles. The number of nitrogens with one attached hydrogen (secondary N) is 1. The number of nitrogens with zero attached hydrogens (tertiary/aromatic N) is 2. The third-order valence-corrected chi connectivity index (χ3v) is 4.28. The van der Waals surface area contributed by atoms with Crippen LogP contribution in [0.2, 0.25) is 0 Å². The van der Waals surface area contributed by atoms with Gasteiger partial charge < -0.3 is 0 Å². The van der Waals surface area contributed by atoms with Gasteiger partial charge in [-0.3, -0.25) is 10.1 Å². The minimum atomic E-state index is -0.222. The van der Waals surface area contributed by atoms with Crippen LogP contribution in [-0.4, -0.2) is 10.9 Å². The summed E-state index contributed by atoms with van der Waals surface area (Å²) in [6.07, 6.45) is 1.32. The predicted octanol–water partition coefficient (Wildman–Crippen LogP) is 3.46. The summed E-state index contributed by atoms with van der Waals surface area (Å²) < 4.78 is 1.04. The topological polar surface area (TPSA) is 71.4 Å². The Morgan fingerprint density at radius 2 is 2.25 bits per heavy atom. The first-order valence-electron chi connectivity index (χ1n) is 4.05. The highest BCUT2D eigenvalue weighted by atomic mass is 127. The zero-order chi connectivity index (χ0) is 11.5. The van der Waals surface area contributed by atoms with Crippen LogP contribution in [0.5, 0.6) is 0 Å². The fraction of sp³-hybridized carbons (Fsp3) is 0. The molecule has 0 aromatic carbocycles. The monoisotopic (exact) mass is 365 g/mol. The average molecular weight is 365 g/mol. The van der Waals surface area contributed by atoms with Gasteiger partial charge >= 0.3 is 0 Å². The molecule has 2 rings (SSSR count). The van der Waals surface area contributed by atoms with Gasteiger partial charge in [-0.15, -0.1) is 16.2 Å². The number of halogens is 1. The number of amides is 1. The molecule has 0 spiro atoms. The smallest absolute Gasteiger partial charge is 0.267 e. The molecule has 1 N–H and O–H groups in total. The third-order valence-electron chi connectivity index (χ3n) is 1.60. The lowest BCUT2D eigenvalue weighted by atomic mass is 10.4. The molecule has 16 heavy (non-hydrogen) atoms. The van der Waals surface area contributed by atoms with Gasteiger partial charge in [0.05, 0.1) is 14.0 Å². The molecule has 0 aliphatic heterocycles. The van der Waals surface area contributed by atoms with Crippen molar-refractivity contribution < 1.29 is 4.79 Å². The van der Waals surface area contributed by atoms with Gasteiger partial charge in [-0.1, -0.05) is 11.3 Å². The van der Waals surface area contributed by atoms with Crippen LogP contribution >= 0.6 is 45.3 Å². The Morgan fingerprint density at radius 1 is 1.44 bits per heavy atom. The van der Waals surface area contributed by atoms with Crippen LogP contribution in [0.3, 0.4) is 0 Å². The van der Waals surface area contributed by atoms with Crippen LogP contribution in [0.25, 0.3) is 0 Å². The van der Waals surface area contributed by atoms with Crippen molar-refractivity contribution in [2.75, 3.05) is 5.32 Å². The van der Waals surface area contributed by atoms with E-state index in [9.17, 15) is 9.70 Å². The summed E-state index contributed by atoms with van der Waals surface area (Å²) in [5.41, 5.74) is 0. The summed E-state index contributed by atoms with van der Waals surface area (Å²) in [6.45, 7) is 0. The van der Waals surface area contributed by atoms with Crippen molar-refractivity contribution in [3.05, 3.63) is 31.0 Å². The second kappa shape index (κ2) is 4.97. The Bertz CT molecular complexity index is 537. The number of carbonyl (C=O) groups excluding carboxylic acids is 1. The number of carbonyl (C=O) groups is 1. The van der Waals surface area contributed by atoms with Gasteiger partial charge in [-0.2, -0.15) is 0 Å². The SMILES string of the molecule is O=Nc1cnc(NC(=O)c2ccc(I)s2)s1. The predicted molar refractivity (Wildman–Crippen MR) is 72.6 cm³/mol. The molecule has 2 aromatic heterocycles. The number of hydrogen-bond donors (Lipinski definition) is 1. The maximum absolute atomic E-state index is 11.7. The van der Waals surface area contributed by atoms with Crippen molar-refractivity contribution in [3.63, 3.8) is 0 Å². The summed E-state index contributed by atoms with van der Waals surface area (Å²) in [4.78, 5) is 26.3. The second-order valence-corrected chi connectivity index (χ2v) is 6.64. The van der Waals surface area contributed by atoms with E-state index in [4.69, 9.17) is 0 Å². The molecule has 0 unspecified atom stereocenters. The van der Waals surface area contributed by atoms with E-state index in [-0.39, 0.29) is 10.9 Å². The number of thiazole rings is 1. The standard InChI is InChI=1S/C8H4IN3O2S2/c9-5-2-1-4(15-5)7(13)11-8-10-3-6(12-14)16-8/h1-3H,(H,10,11,13). The van der Waals surface area contributed by atoms with Gasteiger partial charge in [0.15, 0.2) is 10.1 Å². The van der Waals surface area contributed by atoms with Crippen LogP contribution < -0.4 is 5.32 Å². The molecule has 82 valence electrons. The number of thiophene rings is 1. The maximum atomic E-state index is 11.7. The number of anilines is 1. The molecule has 0 aliphatic rings. The van der Waals surface area contributed by atoms with E-state index in [1.807, 2.05) is 6.07 Å². The zero-order valence-corrected chi connectivity index (χ0v) is 11.4. The average Bonchev–Trinajstić information content (AvgIpc) is 2.87. The lowest BCUT2D eigenvalue weighted by molar-refractivity contribution is 0.103. The normalized spacial score (nSPS) is 10.1. The minimum Gasteiger partial charge on any atom is -0.297 e. The van der Waals surface area contributed by atoms with E-state index in [1.54, 1.807) is 6.07 Å². The molecule has 0 saturated carbocycles. The van der Waals surface area contributed by atoms with Crippen molar-refractivity contribution in [2.24, 2.45) is 5.18 Å². The molecular weight excluding hydrogens is 361 g/mol. The van der Waals surface area contributed by atoms with Gasteiger partial charge in [0.25, 0.3) is 5.91 Å². The fourth-order valence-electron chi connectivity index (χ4n) is 0.961. The summed E-state index contributed by atoms with van der Waals surface area (Å²) in [6, 6.07) is 3.61. The molecule has 2 heterocycles. The first-order chi connectivity index (χ1) is 7.69. The highest BCUT2D eigenvalue weighted by Crippen LogP contribution is 2.26. The molecule has 0 atom stereocenters. The van der Waals surface area contributed by atoms with E-state index in [1.165, 1.54) is 17.5 Å². The maximum Gasteiger partial charge on any atom is 0.267 e. The van der Waals surface area contributed by atoms with Gasteiger partial charge in [0.2, 0.25) is 0 Å². The Kier molecular flexibility index (Phi) is 3.61. The molecular formula is C8H4IN3O2S2.